The van der Waals surface area contributed by atoms with Crippen LogP contribution in [0.3, 0.4) is 0 Å². The molecule has 0 saturated carbocycles. The van der Waals surface area contributed by atoms with E-state index in [1.165, 1.54) is 11.3 Å². The van der Waals surface area contributed by atoms with Gasteiger partial charge in [-0.05, 0) is 66.8 Å². The van der Waals surface area contributed by atoms with Crippen LogP contribution in [0.4, 0.5) is 5.69 Å². The van der Waals surface area contributed by atoms with Crippen LogP contribution in [0.2, 0.25) is 0 Å². The van der Waals surface area contributed by atoms with Crippen molar-refractivity contribution in [3.8, 4) is 0 Å². The summed E-state index contributed by atoms with van der Waals surface area (Å²) in [4.78, 5) is 25.7. The highest BCUT2D eigenvalue weighted by Crippen LogP contribution is 2.32. The summed E-state index contributed by atoms with van der Waals surface area (Å²) in [5.41, 5.74) is 5.36. The van der Waals surface area contributed by atoms with Gasteiger partial charge in [0.05, 0.1) is 5.57 Å². The number of carbonyl (C=O) groups is 2. The number of allylic oxidation sites excluding steroid dienone is 6. The minimum atomic E-state index is -0.224. The summed E-state index contributed by atoms with van der Waals surface area (Å²) < 4.78 is 5.82. The highest BCUT2D eigenvalue weighted by atomic mass is 16.5. The minimum Gasteiger partial charge on any atom is -0.462 e. The Bertz CT molecular complexity index is 1170. The molecule has 0 radical (unpaired) electrons. The van der Waals surface area contributed by atoms with Crippen molar-refractivity contribution in [3.05, 3.63) is 106 Å². The molecule has 5 rings (SSSR count). The molecular formula is C26H21NO3. The lowest BCUT2D eigenvalue weighted by atomic mass is 9.99. The Balaban J connectivity index is 1.48. The molecule has 0 saturated heterocycles. The van der Waals surface area contributed by atoms with Crippen LogP contribution in [0.25, 0.3) is 6.08 Å². The maximum absolute atomic E-state index is 12.8. The van der Waals surface area contributed by atoms with Crippen LogP contribution >= 0.6 is 0 Å². The van der Waals surface area contributed by atoms with Gasteiger partial charge in [0.25, 0.3) is 0 Å². The first-order valence-electron chi connectivity index (χ1n) is 10.2. The maximum Gasteiger partial charge on any atom is 0.198 e. The molecule has 0 unspecified atom stereocenters. The van der Waals surface area contributed by atoms with E-state index < -0.39 is 0 Å². The van der Waals surface area contributed by atoms with E-state index in [-0.39, 0.29) is 17.1 Å². The standard InChI is InChI=1S/C26H21NO3/c1-16-13-19(24-25(28)21-6-2-3-7-22(21)26(24)29)15-20(30-16)10-8-17-9-11-23-18(14-17)5-4-12-27-23/h2-3,6-11,13-15,27H,4-5,12H2,1H3. The number of carbonyl (C=O) groups excluding carboxylic acids is 2. The van der Waals surface area contributed by atoms with Crippen molar-refractivity contribution < 1.29 is 14.3 Å². The average molecular weight is 395 g/mol. The third kappa shape index (κ3) is 3.20. The predicted molar refractivity (Wildman–Crippen MR) is 117 cm³/mol. The molecule has 2 heterocycles. The van der Waals surface area contributed by atoms with E-state index in [1.807, 2.05) is 19.1 Å². The zero-order chi connectivity index (χ0) is 20.7. The van der Waals surface area contributed by atoms with Gasteiger partial charge in [-0.25, -0.2) is 0 Å². The molecule has 1 N–H and O–H groups in total. The summed E-state index contributed by atoms with van der Waals surface area (Å²) in [5.74, 6) is 0.799. The van der Waals surface area contributed by atoms with E-state index in [0.717, 1.165) is 24.9 Å². The Morgan fingerprint density at radius 3 is 2.50 bits per heavy atom. The first kappa shape index (κ1) is 18.4. The average Bonchev–Trinajstić information content (AvgIpc) is 3.02. The third-order valence-electron chi connectivity index (χ3n) is 5.60. The number of hydrogen-bond donors (Lipinski definition) is 1. The van der Waals surface area contributed by atoms with Gasteiger partial charge in [-0.15, -0.1) is 0 Å². The molecule has 4 nitrogen and oxygen atoms in total. The molecule has 3 aliphatic rings. The van der Waals surface area contributed by atoms with Crippen molar-refractivity contribution >= 4 is 23.3 Å². The van der Waals surface area contributed by atoms with Crippen molar-refractivity contribution in [3.63, 3.8) is 0 Å². The van der Waals surface area contributed by atoms with Crippen LogP contribution in [0.15, 0.2) is 83.4 Å². The number of rotatable bonds is 2. The van der Waals surface area contributed by atoms with Crippen molar-refractivity contribution in [1.82, 2.24) is 0 Å². The summed E-state index contributed by atoms with van der Waals surface area (Å²) in [5, 5.41) is 3.42. The van der Waals surface area contributed by atoms with Crippen molar-refractivity contribution in [2.45, 2.75) is 19.8 Å². The van der Waals surface area contributed by atoms with E-state index in [4.69, 9.17) is 4.74 Å². The number of ketones is 2. The molecule has 148 valence electrons. The SMILES string of the molecule is CC1=CC(=C2C(=O)c3ccccc3C2=O)C=C(C=Cc2ccc3c(c2)CCCN3)O1. The van der Waals surface area contributed by atoms with Crippen LogP contribution in [0, 0.1) is 0 Å². The molecule has 0 amide bonds. The van der Waals surface area contributed by atoms with Gasteiger partial charge >= 0.3 is 0 Å². The third-order valence-corrected chi connectivity index (χ3v) is 5.60. The van der Waals surface area contributed by atoms with E-state index >= 15 is 0 Å². The minimum absolute atomic E-state index is 0.213. The van der Waals surface area contributed by atoms with Crippen LogP contribution in [-0.4, -0.2) is 18.1 Å². The molecule has 30 heavy (non-hydrogen) atoms. The fraction of sp³-hybridized carbons (Fsp3) is 0.154. The molecular weight excluding hydrogens is 374 g/mol. The molecule has 0 atom stereocenters. The predicted octanol–water partition coefficient (Wildman–Crippen LogP) is 5.25. The fourth-order valence-electron chi connectivity index (χ4n) is 4.18. The zero-order valence-corrected chi connectivity index (χ0v) is 16.7. The lowest BCUT2D eigenvalue weighted by Gasteiger charge is -2.18. The molecule has 0 fully saturated rings. The topological polar surface area (TPSA) is 55.4 Å². The van der Waals surface area contributed by atoms with E-state index in [1.54, 1.807) is 36.4 Å². The monoisotopic (exact) mass is 395 g/mol. The Morgan fingerprint density at radius 2 is 1.73 bits per heavy atom. The number of ether oxygens (including phenoxy) is 1. The highest BCUT2D eigenvalue weighted by Gasteiger charge is 2.34. The number of fused-ring (bicyclic) bond motifs is 2. The molecule has 2 aliphatic heterocycles. The number of aryl methyl sites for hydroxylation is 1. The van der Waals surface area contributed by atoms with Gasteiger partial charge < -0.3 is 10.1 Å². The quantitative estimate of drug-likeness (QED) is 0.557. The number of hydrogen-bond acceptors (Lipinski definition) is 4. The number of anilines is 1. The summed E-state index contributed by atoms with van der Waals surface area (Å²) >= 11 is 0. The largest absolute Gasteiger partial charge is 0.462 e. The first-order valence-corrected chi connectivity index (χ1v) is 10.2. The van der Waals surface area contributed by atoms with Crippen molar-refractivity contribution in [2.24, 2.45) is 0 Å². The number of Topliss-reactive ketones (excluding diaryl/α,β-unsaturated/α-hetero) is 2. The smallest absolute Gasteiger partial charge is 0.198 e. The molecule has 4 heteroatoms. The molecule has 0 aromatic heterocycles. The van der Waals surface area contributed by atoms with Gasteiger partial charge in [-0.2, -0.15) is 0 Å². The second-order valence-corrected chi connectivity index (χ2v) is 7.72. The van der Waals surface area contributed by atoms with Crippen LogP contribution in [0.5, 0.6) is 0 Å². The zero-order valence-electron chi connectivity index (χ0n) is 16.7. The number of benzene rings is 2. The van der Waals surface area contributed by atoms with Crippen LogP contribution in [-0.2, 0) is 11.2 Å². The van der Waals surface area contributed by atoms with E-state index in [9.17, 15) is 9.59 Å². The second-order valence-electron chi connectivity index (χ2n) is 7.72. The lowest BCUT2D eigenvalue weighted by molar-refractivity contribution is 0.0988. The molecule has 0 spiro atoms. The maximum atomic E-state index is 12.8. The Hall–Kier alpha value is -3.66. The Morgan fingerprint density at radius 1 is 0.967 bits per heavy atom. The highest BCUT2D eigenvalue weighted by molar-refractivity contribution is 6.40. The van der Waals surface area contributed by atoms with Crippen LogP contribution in [0.1, 0.15) is 45.2 Å². The fourth-order valence-corrected chi connectivity index (χ4v) is 4.18. The summed E-state index contributed by atoms with van der Waals surface area (Å²) in [6.45, 7) is 2.84. The normalized spacial score (nSPS) is 17.9. The van der Waals surface area contributed by atoms with Crippen LogP contribution < -0.4 is 5.32 Å². The van der Waals surface area contributed by atoms with Gasteiger partial charge in [0.15, 0.2) is 11.6 Å². The Labute approximate surface area is 175 Å². The van der Waals surface area contributed by atoms with Gasteiger partial charge in [0.1, 0.15) is 11.5 Å². The summed E-state index contributed by atoms with van der Waals surface area (Å²) in [6, 6.07) is 13.3. The summed E-state index contributed by atoms with van der Waals surface area (Å²) in [6.07, 6.45) is 9.60. The Kier molecular flexibility index (Phi) is 4.47. The van der Waals surface area contributed by atoms with Crippen molar-refractivity contribution in [1.29, 1.82) is 0 Å². The van der Waals surface area contributed by atoms with E-state index in [2.05, 4.69) is 23.5 Å². The van der Waals surface area contributed by atoms with Gasteiger partial charge in [0, 0.05) is 23.4 Å². The lowest BCUT2D eigenvalue weighted by Crippen LogP contribution is -2.11. The number of nitrogens with one attached hydrogen (secondary N) is 1. The molecule has 2 aromatic rings. The molecule has 0 bridgehead atoms. The molecule has 1 aliphatic carbocycles. The summed E-state index contributed by atoms with van der Waals surface area (Å²) in [7, 11) is 0. The second kappa shape index (κ2) is 7.30. The first-order chi connectivity index (χ1) is 14.6. The van der Waals surface area contributed by atoms with Gasteiger partial charge in [-0.1, -0.05) is 36.4 Å². The van der Waals surface area contributed by atoms with Gasteiger partial charge in [-0.3, -0.25) is 9.59 Å². The van der Waals surface area contributed by atoms with Gasteiger partial charge in [0.2, 0.25) is 0 Å². The van der Waals surface area contributed by atoms with E-state index in [0.29, 0.717) is 28.2 Å². The van der Waals surface area contributed by atoms with Crippen molar-refractivity contribution in [2.75, 3.05) is 11.9 Å². The molecule has 2 aromatic carbocycles.